The lowest BCUT2D eigenvalue weighted by Crippen LogP contribution is -2.22. The lowest BCUT2D eigenvalue weighted by Gasteiger charge is -2.25. The lowest BCUT2D eigenvalue weighted by molar-refractivity contribution is 0.414. The summed E-state index contributed by atoms with van der Waals surface area (Å²) in [6.07, 6.45) is 0. The van der Waals surface area contributed by atoms with Crippen molar-refractivity contribution < 1.29 is 9.84 Å². The minimum atomic E-state index is 0.277. The van der Waals surface area contributed by atoms with Gasteiger partial charge in [0.2, 0.25) is 0 Å². The summed E-state index contributed by atoms with van der Waals surface area (Å²) >= 11 is 0. The Hall–Kier alpha value is -2.36. The Morgan fingerprint density at radius 1 is 1.19 bits per heavy atom. The van der Waals surface area contributed by atoms with Crippen LogP contribution in [0.4, 0.5) is 11.4 Å². The van der Waals surface area contributed by atoms with Crippen molar-refractivity contribution in [3.8, 4) is 11.5 Å². The average molecular weight is 286 g/mol. The molecule has 4 nitrogen and oxygen atoms in total. The normalized spacial score (nSPS) is 10.4. The summed E-state index contributed by atoms with van der Waals surface area (Å²) in [6, 6.07) is 11.2. The second kappa shape index (κ2) is 6.39. The molecule has 112 valence electrons. The highest BCUT2D eigenvalue weighted by Crippen LogP contribution is 2.27. The number of phenols is 1. The Morgan fingerprint density at radius 2 is 1.95 bits per heavy atom. The molecule has 4 heteroatoms. The maximum atomic E-state index is 9.71. The van der Waals surface area contributed by atoms with E-state index in [-0.39, 0.29) is 5.75 Å². The van der Waals surface area contributed by atoms with E-state index in [9.17, 15) is 5.11 Å². The maximum Gasteiger partial charge on any atom is 0.121 e. The molecule has 0 atom stereocenters. The van der Waals surface area contributed by atoms with Crippen molar-refractivity contribution in [1.82, 2.24) is 0 Å². The maximum absolute atomic E-state index is 9.71. The number of methoxy groups -OCH3 is 1. The van der Waals surface area contributed by atoms with Crippen molar-refractivity contribution in [2.24, 2.45) is 0 Å². The highest BCUT2D eigenvalue weighted by atomic mass is 16.5. The molecule has 0 aliphatic heterocycles. The number of benzene rings is 2. The van der Waals surface area contributed by atoms with Crippen molar-refractivity contribution >= 4 is 11.4 Å². The van der Waals surface area contributed by atoms with Crippen LogP contribution in [0.2, 0.25) is 0 Å². The molecule has 2 aromatic carbocycles. The van der Waals surface area contributed by atoms with Crippen molar-refractivity contribution in [3.63, 3.8) is 0 Å². The average Bonchev–Trinajstić information content (AvgIpc) is 2.47. The number of phenolic OH excluding ortho intramolecular Hbond substituents is 1. The lowest BCUT2D eigenvalue weighted by atomic mass is 10.1. The van der Waals surface area contributed by atoms with E-state index >= 15 is 0 Å². The highest BCUT2D eigenvalue weighted by molar-refractivity contribution is 5.57. The molecule has 2 aromatic rings. The number of nitrogen functional groups attached to an aromatic ring is 1. The third-order valence-corrected chi connectivity index (χ3v) is 3.51. The molecule has 0 amide bonds. The number of hydrogen-bond acceptors (Lipinski definition) is 4. The van der Waals surface area contributed by atoms with E-state index < -0.39 is 0 Å². The number of nitrogens with two attached hydrogens (primary N) is 1. The van der Waals surface area contributed by atoms with Gasteiger partial charge in [-0.15, -0.1) is 0 Å². The van der Waals surface area contributed by atoms with E-state index in [1.165, 1.54) is 0 Å². The summed E-state index contributed by atoms with van der Waals surface area (Å²) in [5, 5.41) is 9.71. The third kappa shape index (κ3) is 3.60. The monoisotopic (exact) mass is 286 g/mol. The van der Waals surface area contributed by atoms with E-state index in [1.54, 1.807) is 25.3 Å². The zero-order chi connectivity index (χ0) is 15.4. The minimum absolute atomic E-state index is 0.277. The molecule has 0 unspecified atom stereocenters. The third-order valence-electron chi connectivity index (χ3n) is 3.51. The zero-order valence-electron chi connectivity index (χ0n) is 12.8. The Labute approximate surface area is 125 Å². The van der Waals surface area contributed by atoms with Crippen LogP contribution in [0.1, 0.15) is 18.1 Å². The fourth-order valence-corrected chi connectivity index (χ4v) is 2.42. The number of anilines is 2. The number of hydrogen-bond donors (Lipinski definition) is 2. The van der Waals surface area contributed by atoms with Gasteiger partial charge in [-0.2, -0.15) is 0 Å². The van der Waals surface area contributed by atoms with Gasteiger partial charge in [0.25, 0.3) is 0 Å². The molecular formula is C17H22N2O2. The Balaban J connectivity index is 2.31. The van der Waals surface area contributed by atoms with Gasteiger partial charge in [-0.1, -0.05) is 6.07 Å². The van der Waals surface area contributed by atoms with Crippen LogP contribution in [0.3, 0.4) is 0 Å². The Bertz CT molecular complexity index is 626. The van der Waals surface area contributed by atoms with Gasteiger partial charge in [0.1, 0.15) is 11.5 Å². The topological polar surface area (TPSA) is 58.7 Å². The van der Waals surface area contributed by atoms with E-state index in [0.717, 1.165) is 29.1 Å². The number of nitrogens with zero attached hydrogens (tertiary/aromatic N) is 1. The van der Waals surface area contributed by atoms with E-state index in [4.69, 9.17) is 10.5 Å². The molecular weight excluding hydrogens is 264 g/mol. The van der Waals surface area contributed by atoms with E-state index in [0.29, 0.717) is 12.2 Å². The molecule has 3 N–H and O–H groups in total. The number of ether oxygens (including phenoxy) is 1. The van der Waals surface area contributed by atoms with Gasteiger partial charge in [-0.25, -0.2) is 0 Å². The number of rotatable bonds is 5. The van der Waals surface area contributed by atoms with Crippen LogP contribution in [-0.2, 0) is 6.54 Å². The molecule has 0 bridgehead atoms. The Morgan fingerprint density at radius 3 is 2.62 bits per heavy atom. The molecule has 2 rings (SSSR count). The van der Waals surface area contributed by atoms with Crippen molar-refractivity contribution in [2.45, 2.75) is 20.4 Å². The number of aromatic hydroxyl groups is 1. The van der Waals surface area contributed by atoms with Gasteiger partial charge in [-0.05, 0) is 43.2 Å². The second-order valence-electron chi connectivity index (χ2n) is 5.10. The summed E-state index contributed by atoms with van der Waals surface area (Å²) < 4.78 is 5.26. The fourth-order valence-electron chi connectivity index (χ4n) is 2.42. The first kappa shape index (κ1) is 15.0. The van der Waals surface area contributed by atoms with Crippen molar-refractivity contribution in [1.29, 1.82) is 0 Å². The molecule has 21 heavy (non-hydrogen) atoms. The molecule has 0 saturated carbocycles. The predicted molar refractivity (Wildman–Crippen MR) is 87.0 cm³/mol. The largest absolute Gasteiger partial charge is 0.508 e. The van der Waals surface area contributed by atoms with Crippen LogP contribution in [-0.4, -0.2) is 18.8 Å². The first-order chi connectivity index (χ1) is 10.0. The summed E-state index contributed by atoms with van der Waals surface area (Å²) in [7, 11) is 1.63. The predicted octanol–water partition coefficient (Wildman–Crippen LogP) is 3.32. The van der Waals surface area contributed by atoms with Crippen LogP contribution < -0.4 is 15.4 Å². The van der Waals surface area contributed by atoms with Gasteiger partial charge < -0.3 is 20.5 Å². The van der Waals surface area contributed by atoms with Crippen molar-refractivity contribution in [2.75, 3.05) is 24.3 Å². The minimum Gasteiger partial charge on any atom is -0.508 e. The summed E-state index contributed by atoms with van der Waals surface area (Å²) in [4.78, 5) is 2.20. The smallest absolute Gasteiger partial charge is 0.121 e. The molecule has 0 radical (unpaired) electrons. The van der Waals surface area contributed by atoms with Crippen molar-refractivity contribution in [3.05, 3.63) is 47.5 Å². The molecule has 0 aliphatic rings. The molecule has 0 saturated heterocycles. The van der Waals surface area contributed by atoms with Crippen LogP contribution in [0, 0.1) is 6.92 Å². The van der Waals surface area contributed by atoms with Crippen LogP contribution in [0.25, 0.3) is 0 Å². The highest BCUT2D eigenvalue weighted by Gasteiger charge is 2.10. The molecule has 0 fully saturated rings. The number of aryl methyl sites for hydroxylation is 1. The van der Waals surface area contributed by atoms with Crippen LogP contribution in [0.5, 0.6) is 11.5 Å². The quantitative estimate of drug-likeness (QED) is 0.828. The Kier molecular flexibility index (Phi) is 4.58. The molecule has 0 aromatic heterocycles. The van der Waals surface area contributed by atoms with Crippen LogP contribution >= 0.6 is 0 Å². The molecule has 0 spiro atoms. The summed E-state index contributed by atoms with van der Waals surface area (Å²) in [6.45, 7) is 5.67. The van der Waals surface area contributed by atoms with E-state index in [1.807, 2.05) is 25.1 Å². The molecule has 0 heterocycles. The second-order valence-corrected chi connectivity index (χ2v) is 5.10. The fraction of sp³-hybridized carbons (Fsp3) is 0.294. The summed E-state index contributed by atoms with van der Waals surface area (Å²) in [5.41, 5.74) is 9.83. The van der Waals surface area contributed by atoms with Gasteiger partial charge in [-0.3, -0.25) is 0 Å². The van der Waals surface area contributed by atoms with E-state index in [2.05, 4.69) is 11.8 Å². The summed E-state index contributed by atoms with van der Waals surface area (Å²) in [5.74, 6) is 1.04. The van der Waals surface area contributed by atoms with Gasteiger partial charge in [0.05, 0.1) is 7.11 Å². The standard InChI is InChI=1S/C17H22N2O2/c1-4-19(17-10-15(20)6-5-12(17)2)11-13-7-14(18)9-16(8-13)21-3/h5-10,20H,4,11,18H2,1-3H3. The van der Waals surface area contributed by atoms with Gasteiger partial charge in [0.15, 0.2) is 0 Å². The zero-order valence-corrected chi connectivity index (χ0v) is 12.8. The van der Waals surface area contributed by atoms with Gasteiger partial charge in [0, 0.05) is 36.6 Å². The SMILES string of the molecule is CCN(Cc1cc(N)cc(OC)c1)c1cc(O)ccc1C. The first-order valence-electron chi connectivity index (χ1n) is 7.01. The molecule has 0 aliphatic carbocycles. The first-order valence-corrected chi connectivity index (χ1v) is 7.01. The van der Waals surface area contributed by atoms with Crippen LogP contribution in [0.15, 0.2) is 36.4 Å². The van der Waals surface area contributed by atoms with Gasteiger partial charge >= 0.3 is 0 Å².